The molecule has 2 heterocycles. The minimum absolute atomic E-state index is 0.0212. The molecule has 0 bridgehead atoms. The maximum atomic E-state index is 14.3. The molecule has 1 aliphatic heterocycles. The van der Waals surface area contributed by atoms with E-state index in [1.54, 1.807) is 36.1 Å². The van der Waals surface area contributed by atoms with Gasteiger partial charge in [-0.2, -0.15) is 0 Å². The number of anilines is 2. The van der Waals surface area contributed by atoms with E-state index in [0.717, 1.165) is 24.0 Å². The maximum absolute atomic E-state index is 14.3. The van der Waals surface area contributed by atoms with E-state index in [1.807, 2.05) is 0 Å². The first-order chi connectivity index (χ1) is 23.8. The molecule has 50 heavy (non-hydrogen) atoms. The Bertz CT molecular complexity index is 1870. The molecule has 1 aromatic heterocycles. The van der Waals surface area contributed by atoms with Crippen molar-refractivity contribution < 1.29 is 37.0 Å². The van der Waals surface area contributed by atoms with Crippen molar-refractivity contribution in [1.82, 2.24) is 25.8 Å². The van der Waals surface area contributed by atoms with Crippen LogP contribution in [0.4, 0.5) is 29.3 Å². The quantitative estimate of drug-likeness (QED) is 0.267. The second kappa shape index (κ2) is 12.4. The number of rotatable bonds is 8. The second-order valence-electron chi connectivity index (χ2n) is 14.4. The van der Waals surface area contributed by atoms with E-state index in [0.29, 0.717) is 30.0 Å². The SMILES string of the molecule is Cc1ccc(F)cc1NC(=O)C1(N2CC3(CC3)CNC2=O)Cc2ccc(NC(=O)[C@@H](NC(=O)c3nonc3C)C3CCC(F)(F)CC3)cc2C1. The third-order valence-corrected chi connectivity index (χ3v) is 10.8. The highest BCUT2D eigenvalue weighted by Crippen LogP contribution is 2.50. The number of hydrogen-bond acceptors (Lipinski definition) is 7. The first-order valence-electron chi connectivity index (χ1n) is 16.8. The second-order valence-corrected chi connectivity index (χ2v) is 14.4. The summed E-state index contributed by atoms with van der Waals surface area (Å²) in [5.74, 6) is -5.68. The molecule has 3 aliphatic carbocycles. The molecule has 1 unspecified atom stereocenters. The van der Waals surface area contributed by atoms with Gasteiger partial charge in [-0.25, -0.2) is 22.6 Å². The van der Waals surface area contributed by atoms with E-state index in [1.165, 1.54) is 19.1 Å². The zero-order chi connectivity index (χ0) is 35.4. The van der Waals surface area contributed by atoms with Gasteiger partial charge in [0.1, 0.15) is 23.1 Å². The topological polar surface area (TPSA) is 159 Å². The van der Waals surface area contributed by atoms with E-state index in [4.69, 9.17) is 0 Å². The van der Waals surface area contributed by atoms with Crippen molar-refractivity contribution in [1.29, 1.82) is 0 Å². The van der Waals surface area contributed by atoms with Gasteiger partial charge in [-0.05, 0) is 91.6 Å². The Balaban J connectivity index is 1.15. The van der Waals surface area contributed by atoms with E-state index < -0.39 is 59.8 Å². The highest BCUT2D eigenvalue weighted by Gasteiger charge is 2.57. The number of halogens is 3. The van der Waals surface area contributed by atoms with Gasteiger partial charge in [-0.1, -0.05) is 17.3 Å². The third-order valence-electron chi connectivity index (χ3n) is 10.8. The summed E-state index contributed by atoms with van der Waals surface area (Å²) < 4.78 is 46.9. The van der Waals surface area contributed by atoms with Crippen LogP contribution in [0.2, 0.25) is 0 Å². The molecule has 1 saturated heterocycles. The predicted molar refractivity (Wildman–Crippen MR) is 174 cm³/mol. The molecular weight excluding hydrogens is 655 g/mol. The maximum Gasteiger partial charge on any atom is 0.318 e. The summed E-state index contributed by atoms with van der Waals surface area (Å²) >= 11 is 0. The molecule has 2 atom stereocenters. The average Bonchev–Trinajstić information content (AvgIpc) is 3.49. The molecule has 5 amide bonds. The fourth-order valence-corrected chi connectivity index (χ4v) is 7.51. The Labute approximate surface area is 285 Å². The lowest BCUT2D eigenvalue weighted by molar-refractivity contribution is -0.127. The van der Waals surface area contributed by atoms with Crippen LogP contribution in [0.15, 0.2) is 41.0 Å². The minimum atomic E-state index is -2.84. The van der Waals surface area contributed by atoms with Crippen molar-refractivity contribution in [3.05, 3.63) is 70.3 Å². The standard InChI is InChI=1S/C35H38F3N7O5/c1-19-3-5-24(36)14-26(19)41-31(48)34(45-18-33(11-12-33)17-39-32(45)49)15-22-4-6-25(13-23(22)16-34)40-30(47)28(21-7-9-35(37,38)10-8-21)42-29(46)27-20(2)43-50-44-27/h3-6,13-14,21,28H,7-12,15-18H2,1-2H3,(H,39,49)(H,40,47)(H,41,48)(H,42,46)/t28-,34?/m0/s1. The average molecular weight is 694 g/mol. The van der Waals surface area contributed by atoms with Gasteiger partial charge in [0.2, 0.25) is 11.8 Å². The molecule has 3 aromatic rings. The van der Waals surface area contributed by atoms with Crippen LogP contribution >= 0.6 is 0 Å². The highest BCUT2D eigenvalue weighted by molar-refractivity contribution is 6.03. The number of benzene rings is 2. The van der Waals surface area contributed by atoms with Crippen molar-refractivity contribution in [2.45, 2.75) is 82.7 Å². The van der Waals surface area contributed by atoms with E-state index in [9.17, 15) is 32.3 Å². The Morgan fingerprint density at radius 3 is 2.42 bits per heavy atom. The summed E-state index contributed by atoms with van der Waals surface area (Å²) in [6.07, 6.45) is 1.40. The van der Waals surface area contributed by atoms with Gasteiger partial charge in [-0.3, -0.25) is 14.4 Å². The van der Waals surface area contributed by atoms with Crippen molar-refractivity contribution >= 4 is 35.1 Å². The van der Waals surface area contributed by atoms with Crippen LogP contribution < -0.4 is 21.3 Å². The lowest BCUT2D eigenvalue weighted by Gasteiger charge is -2.44. The first-order valence-corrected chi connectivity index (χ1v) is 16.8. The molecule has 4 N–H and O–H groups in total. The fourth-order valence-electron chi connectivity index (χ4n) is 7.51. The fraction of sp³-hybridized carbons (Fsp3) is 0.486. The molecule has 12 nitrogen and oxygen atoms in total. The zero-order valence-corrected chi connectivity index (χ0v) is 27.7. The first kappa shape index (κ1) is 33.5. The number of amides is 5. The number of hydrogen-bond donors (Lipinski definition) is 4. The summed E-state index contributed by atoms with van der Waals surface area (Å²) in [7, 11) is 0. The molecule has 2 saturated carbocycles. The van der Waals surface area contributed by atoms with Crippen molar-refractivity contribution in [3.8, 4) is 0 Å². The molecule has 7 rings (SSSR count). The van der Waals surface area contributed by atoms with Crippen molar-refractivity contribution in [2.75, 3.05) is 23.7 Å². The third kappa shape index (κ3) is 6.40. The van der Waals surface area contributed by atoms with Gasteiger partial charge in [0, 0.05) is 55.6 Å². The number of nitrogens with zero attached hydrogens (tertiary/aromatic N) is 3. The molecule has 1 spiro atoms. The van der Waals surface area contributed by atoms with Crippen LogP contribution in [-0.2, 0) is 22.4 Å². The van der Waals surface area contributed by atoms with Crippen LogP contribution in [-0.4, -0.2) is 69.6 Å². The highest BCUT2D eigenvalue weighted by atomic mass is 19.3. The lowest BCUT2D eigenvalue weighted by atomic mass is 9.81. The van der Waals surface area contributed by atoms with Crippen molar-refractivity contribution in [3.63, 3.8) is 0 Å². The summed E-state index contributed by atoms with van der Waals surface area (Å²) in [6, 6.07) is 7.78. The predicted octanol–water partition coefficient (Wildman–Crippen LogP) is 4.67. The molecular formula is C35H38F3N7O5. The summed E-state index contributed by atoms with van der Waals surface area (Å²) in [5, 5.41) is 18.6. The van der Waals surface area contributed by atoms with E-state index >= 15 is 0 Å². The molecule has 3 fully saturated rings. The number of urea groups is 1. The zero-order valence-electron chi connectivity index (χ0n) is 27.7. The van der Waals surface area contributed by atoms with Crippen molar-refractivity contribution in [2.24, 2.45) is 11.3 Å². The van der Waals surface area contributed by atoms with Crippen LogP contribution in [0.25, 0.3) is 0 Å². The number of fused-ring (bicyclic) bond motifs is 1. The lowest BCUT2D eigenvalue weighted by Crippen LogP contribution is -2.66. The molecule has 15 heteroatoms. The largest absolute Gasteiger partial charge is 0.338 e. The van der Waals surface area contributed by atoms with E-state index in [-0.39, 0.29) is 48.5 Å². The molecule has 2 aromatic carbocycles. The Kier molecular flexibility index (Phi) is 8.34. The van der Waals surface area contributed by atoms with Crippen LogP contribution in [0.5, 0.6) is 0 Å². The summed E-state index contributed by atoms with van der Waals surface area (Å²) in [5.41, 5.74) is 1.52. The minimum Gasteiger partial charge on any atom is -0.338 e. The number of aryl methyl sites for hydroxylation is 2. The Hall–Kier alpha value is -4.95. The van der Waals surface area contributed by atoms with Crippen LogP contribution in [0.3, 0.4) is 0 Å². The number of carbonyl (C=O) groups excluding carboxylic acids is 4. The molecule has 264 valence electrons. The number of aromatic nitrogens is 2. The van der Waals surface area contributed by atoms with Crippen LogP contribution in [0, 0.1) is 31.0 Å². The number of nitrogens with one attached hydrogen (secondary N) is 4. The number of alkyl halides is 2. The number of carbonyl (C=O) groups is 4. The van der Waals surface area contributed by atoms with Gasteiger partial charge in [0.05, 0.1) is 0 Å². The van der Waals surface area contributed by atoms with E-state index in [2.05, 4.69) is 36.2 Å². The normalized spacial score (nSPS) is 22.7. The summed E-state index contributed by atoms with van der Waals surface area (Å²) in [6.45, 7) is 4.21. The summed E-state index contributed by atoms with van der Waals surface area (Å²) in [4.78, 5) is 56.2. The monoisotopic (exact) mass is 693 g/mol. The smallest absolute Gasteiger partial charge is 0.318 e. The van der Waals surface area contributed by atoms with Crippen LogP contribution in [0.1, 0.15) is 71.4 Å². The van der Waals surface area contributed by atoms with Gasteiger partial charge in [-0.15, -0.1) is 0 Å². The van der Waals surface area contributed by atoms with Gasteiger partial charge < -0.3 is 26.2 Å². The molecule has 4 aliphatic rings. The van der Waals surface area contributed by atoms with Gasteiger partial charge in [0.15, 0.2) is 5.69 Å². The molecule has 0 radical (unpaired) electrons. The Morgan fingerprint density at radius 2 is 1.72 bits per heavy atom. The van der Waals surface area contributed by atoms with Gasteiger partial charge in [0.25, 0.3) is 11.8 Å². The van der Waals surface area contributed by atoms with Gasteiger partial charge >= 0.3 is 6.03 Å². The Morgan fingerprint density at radius 1 is 0.980 bits per heavy atom.